The van der Waals surface area contributed by atoms with Gasteiger partial charge in [-0.25, -0.2) is 4.68 Å². The molecule has 1 unspecified atom stereocenters. The Morgan fingerprint density at radius 2 is 2.37 bits per heavy atom. The second-order valence-electron chi connectivity index (χ2n) is 4.40. The van der Waals surface area contributed by atoms with E-state index in [0.29, 0.717) is 12.1 Å². The maximum atomic E-state index is 11.9. The molecule has 0 saturated heterocycles. The molecule has 1 aromatic carbocycles. The molecule has 0 aliphatic heterocycles. The molecule has 1 heterocycles. The molecule has 0 aliphatic rings. The average molecular weight is 260 g/mol. The van der Waals surface area contributed by atoms with Crippen molar-refractivity contribution >= 4 is 5.91 Å². The number of aliphatic hydroxyl groups excluding tert-OH is 1. The first kappa shape index (κ1) is 13.2. The molecule has 19 heavy (non-hydrogen) atoms. The lowest BCUT2D eigenvalue weighted by molar-refractivity contribution is 0.0942. The Hall–Kier alpha value is -2.21. The number of hydrogen-bond donors (Lipinski definition) is 2. The first-order chi connectivity index (χ1) is 9.20. The zero-order chi connectivity index (χ0) is 13.7. The lowest BCUT2D eigenvalue weighted by Gasteiger charge is -2.10. The Morgan fingerprint density at radius 1 is 1.53 bits per heavy atom. The van der Waals surface area contributed by atoms with Crippen LogP contribution in [0.1, 0.15) is 17.3 Å². The highest BCUT2D eigenvalue weighted by Gasteiger charge is 2.08. The zero-order valence-electron chi connectivity index (χ0n) is 10.7. The lowest BCUT2D eigenvalue weighted by atomic mass is 10.1. The van der Waals surface area contributed by atoms with Gasteiger partial charge in [0.05, 0.1) is 18.1 Å². The van der Waals surface area contributed by atoms with Gasteiger partial charge in [0.2, 0.25) is 0 Å². The number of aliphatic hydroxyl groups is 1. The predicted octanol–water partition coefficient (Wildman–Crippen LogP) is 0.625. The first-order valence-electron chi connectivity index (χ1n) is 6.06. The van der Waals surface area contributed by atoms with E-state index in [0.717, 1.165) is 5.69 Å². The van der Waals surface area contributed by atoms with E-state index in [1.807, 2.05) is 13.0 Å². The van der Waals surface area contributed by atoms with E-state index >= 15 is 0 Å². The summed E-state index contributed by atoms with van der Waals surface area (Å²) in [5.74, 6) is -0.121. The van der Waals surface area contributed by atoms with Gasteiger partial charge in [0.1, 0.15) is 0 Å². The van der Waals surface area contributed by atoms with Crippen LogP contribution in [0.4, 0.5) is 0 Å². The molecule has 0 saturated carbocycles. The summed E-state index contributed by atoms with van der Waals surface area (Å²) in [5, 5.41) is 19.3. The van der Waals surface area contributed by atoms with E-state index in [1.165, 1.54) is 0 Å². The molecule has 0 bridgehead atoms. The molecule has 100 valence electrons. The Labute approximate surface area is 111 Å². The molecular weight excluding hydrogens is 244 g/mol. The van der Waals surface area contributed by atoms with Crippen LogP contribution in [0, 0.1) is 5.92 Å². The van der Waals surface area contributed by atoms with Gasteiger partial charge in [0.25, 0.3) is 5.91 Å². The lowest BCUT2D eigenvalue weighted by Crippen LogP contribution is -2.29. The van der Waals surface area contributed by atoms with Gasteiger partial charge in [0.15, 0.2) is 0 Å². The number of benzene rings is 1. The fraction of sp³-hybridized carbons (Fsp3) is 0.308. The molecular formula is C13H16N4O2. The summed E-state index contributed by atoms with van der Waals surface area (Å²) in [6.45, 7) is 2.37. The van der Waals surface area contributed by atoms with Crippen molar-refractivity contribution in [3.05, 3.63) is 42.2 Å². The number of aromatic nitrogens is 3. The van der Waals surface area contributed by atoms with Crippen molar-refractivity contribution in [1.82, 2.24) is 20.3 Å². The minimum absolute atomic E-state index is 0.0439. The number of carbonyl (C=O) groups excluding carboxylic acids is 1. The number of nitrogens with one attached hydrogen (secondary N) is 1. The van der Waals surface area contributed by atoms with Gasteiger partial charge in [-0.05, 0) is 24.1 Å². The normalized spacial score (nSPS) is 12.1. The van der Waals surface area contributed by atoms with Gasteiger partial charge in [0, 0.05) is 18.7 Å². The summed E-state index contributed by atoms with van der Waals surface area (Å²) in [7, 11) is 0. The van der Waals surface area contributed by atoms with E-state index in [2.05, 4.69) is 15.6 Å². The molecule has 0 fully saturated rings. The summed E-state index contributed by atoms with van der Waals surface area (Å²) in [4.78, 5) is 11.9. The molecule has 6 nitrogen and oxygen atoms in total. The Morgan fingerprint density at radius 3 is 3.05 bits per heavy atom. The number of nitrogens with zero attached hydrogens (tertiary/aromatic N) is 3. The SMILES string of the molecule is CC(CO)CNC(=O)c1cccc(-n2ccnn2)c1. The molecule has 0 radical (unpaired) electrons. The molecule has 1 atom stereocenters. The summed E-state index contributed by atoms with van der Waals surface area (Å²) < 4.78 is 1.59. The molecule has 6 heteroatoms. The zero-order valence-corrected chi connectivity index (χ0v) is 10.7. The number of rotatable bonds is 5. The summed E-state index contributed by atoms with van der Waals surface area (Å²) in [5.41, 5.74) is 1.33. The third-order valence-electron chi connectivity index (χ3n) is 2.72. The van der Waals surface area contributed by atoms with Crippen molar-refractivity contribution < 1.29 is 9.90 Å². The van der Waals surface area contributed by atoms with Crippen LogP contribution in [0.5, 0.6) is 0 Å². The highest BCUT2D eigenvalue weighted by atomic mass is 16.3. The second kappa shape index (κ2) is 6.10. The average Bonchev–Trinajstić information content (AvgIpc) is 2.98. The molecule has 2 rings (SSSR count). The van der Waals surface area contributed by atoms with Crippen LogP contribution in [0.15, 0.2) is 36.7 Å². The minimum Gasteiger partial charge on any atom is -0.396 e. The standard InChI is InChI=1S/C13H16N4O2/c1-10(9-18)8-14-13(19)11-3-2-4-12(7-11)17-6-5-15-16-17/h2-7,10,18H,8-9H2,1H3,(H,14,19). The van der Waals surface area contributed by atoms with Crippen molar-refractivity contribution in [3.8, 4) is 5.69 Å². The Bertz CT molecular complexity index is 539. The fourth-order valence-electron chi connectivity index (χ4n) is 1.57. The Balaban J connectivity index is 2.08. The van der Waals surface area contributed by atoms with Crippen molar-refractivity contribution in [1.29, 1.82) is 0 Å². The molecule has 1 aromatic heterocycles. The summed E-state index contributed by atoms with van der Waals surface area (Å²) in [6, 6.07) is 7.12. The molecule has 0 spiro atoms. The van der Waals surface area contributed by atoms with E-state index in [4.69, 9.17) is 5.11 Å². The molecule has 2 N–H and O–H groups in total. The molecule has 2 aromatic rings. The van der Waals surface area contributed by atoms with E-state index in [1.54, 1.807) is 35.3 Å². The molecule has 0 aliphatic carbocycles. The maximum Gasteiger partial charge on any atom is 0.251 e. The van der Waals surface area contributed by atoms with Crippen LogP contribution in [0.25, 0.3) is 5.69 Å². The van der Waals surface area contributed by atoms with Crippen LogP contribution in [0.2, 0.25) is 0 Å². The van der Waals surface area contributed by atoms with E-state index in [-0.39, 0.29) is 18.4 Å². The van der Waals surface area contributed by atoms with Crippen LogP contribution in [-0.2, 0) is 0 Å². The first-order valence-corrected chi connectivity index (χ1v) is 6.06. The Kier molecular flexibility index (Phi) is 4.25. The van der Waals surface area contributed by atoms with Gasteiger partial charge < -0.3 is 10.4 Å². The van der Waals surface area contributed by atoms with Gasteiger partial charge in [-0.2, -0.15) is 0 Å². The number of carbonyl (C=O) groups is 1. The highest BCUT2D eigenvalue weighted by molar-refractivity contribution is 5.94. The monoisotopic (exact) mass is 260 g/mol. The summed E-state index contributed by atoms with van der Waals surface area (Å²) >= 11 is 0. The largest absolute Gasteiger partial charge is 0.396 e. The van der Waals surface area contributed by atoms with E-state index < -0.39 is 0 Å². The van der Waals surface area contributed by atoms with Crippen LogP contribution >= 0.6 is 0 Å². The van der Waals surface area contributed by atoms with Crippen LogP contribution in [0.3, 0.4) is 0 Å². The fourth-order valence-corrected chi connectivity index (χ4v) is 1.57. The van der Waals surface area contributed by atoms with Crippen LogP contribution in [-0.4, -0.2) is 39.2 Å². The van der Waals surface area contributed by atoms with Gasteiger partial charge in [-0.1, -0.05) is 18.2 Å². The highest BCUT2D eigenvalue weighted by Crippen LogP contribution is 2.09. The number of hydrogen-bond acceptors (Lipinski definition) is 4. The second-order valence-corrected chi connectivity index (χ2v) is 4.40. The van der Waals surface area contributed by atoms with Crippen molar-refractivity contribution in [2.45, 2.75) is 6.92 Å². The smallest absolute Gasteiger partial charge is 0.251 e. The van der Waals surface area contributed by atoms with Crippen molar-refractivity contribution in [2.75, 3.05) is 13.2 Å². The van der Waals surface area contributed by atoms with Gasteiger partial charge in [-0.15, -0.1) is 5.10 Å². The number of amides is 1. The maximum absolute atomic E-state index is 11.9. The topological polar surface area (TPSA) is 80.0 Å². The van der Waals surface area contributed by atoms with E-state index in [9.17, 15) is 4.79 Å². The third kappa shape index (κ3) is 3.38. The summed E-state index contributed by atoms with van der Waals surface area (Å²) in [6.07, 6.45) is 3.29. The van der Waals surface area contributed by atoms with Crippen LogP contribution < -0.4 is 5.32 Å². The third-order valence-corrected chi connectivity index (χ3v) is 2.72. The molecule has 1 amide bonds. The predicted molar refractivity (Wildman–Crippen MR) is 69.9 cm³/mol. The minimum atomic E-state index is -0.165. The van der Waals surface area contributed by atoms with Crippen molar-refractivity contribution in [3.63, 3.8) is 0 Å². The van der Waals surface area contributed by atoms with Gasteiger partial charge >= 0.3 is 0 Å². The van der Waals surface area contributed by atoms with Crippen molar-refractivity contribution in [2.24, 2.45) is 5.92 Å². The van der Waals surface area contributed by atoms with Gasteiger partial charge in [-0.3, -0.25) is 4.79 Å². The quantitative estimate of drug-likeness (QED) is 0.826.